The predicted octanol–water partition coefficient (Wildman–Crippen LogP) is 2.26. The van der Waals surface area contributed by atoms with E-state index in [1.54, 1.807) is 0 Å². The Morgan fingerprint density at radius 3 is 2.65 bits per heavy atom. The van der Waals surface area contributed by atoms with Crippen molar-refractivity contribution in [1.82, 2.24) is 15.0 Å². The Labute approximate surface area is 135 Å². The summed E-state index contributed by atoms with van der Waals surface area (Å²) < 4.78 is 5.31. The zero-order valence-corrected chi connectivity index (χ0v) is 13.0. The molecule has 0 atom stereocenters. The van der Waals surface area contributed by atoms with Gasteiger partial charge in [0.05, 0.1) is 12.2 Å². The molecule has 0 bridgehead atoms. The highest BCUT2D eigenvalue weighted by atomic mass is 16.5. The first kappa shape index (κ1) is 15.4. The Balaban J connectivity index is 1.59. The van der Waals surface area contributed by atoms with Crippen LogP contribution < -0.4 is 4.90 Å². The van der Waals surface area contributed by atoms with Gasteiger partial charge in [-0.15, -0.1) is 0 Å². The maximum absolute atomic E-state index is 11.9. The van der Waals surface area contributed by atoms with Crippen molar-refractivity contribution in [3.63, 3.8) is 0 Å². The van der Waals surface area contributed by atoms with Crippen LogP contribution in [-0.2, 0) is 11.2 Å². The Hall–Kier alpha value is -2.50. The number of rotatable bonds is 5. The number of nitrogens with zero attached hydrogens (tertiary/aromatic N) is 4. The minimum absolute atomic E-state index is 0.320. The van der Waals surface area contributed by atoms with E-state index in [1.165, 1.54) is 43.7 Å². The van der Waals surface area contributed by atoms with Gasteiger partial charge in [-0.05, 0) is 30.9 Å². The van der Waals surface area contributed by atoms with E-state index in [9.17, 15) is 4.79 Å². The summed E-state index contributed by atoms with van der Waals surface area (Å²) in [7, 11) is 0. The predicted molar refractivity (Wildman–Crippen MR) is 86.3 cm³/mol. The minimum atomic E-state index is -0.394. The fourth-order valence-electron chi connectivity index (χ4n) is 2.80. The molecule has 1 aliphatic rings. The van der Waals surface area contributed by atoms with Crippen LogP contribution in [0, 0.1) is 0 Å². The first-order chi connectivity index (χ1) is 11.3. The molecule has 23 heavy (non-hydrogen) atoms. The largest absolute Gasteiger partial charge is 0.462 e. The number of hydrogen-bond acceptors (Lipinski definition) is 6. The van der Waals surface area contributed by atoms with Crippen LogP contribution in [0.3, 0.4) is 0 Å². The molecule has 6 heteroatoms. The normalized spacial score (nSPS) is 14.5. The van der Waals surface area contributed by atoms with Crippen LogP contribution in [0.25, 0.3) is 0 Å². The van der Waals surface area contributed by atoms with E-state index in [2.05, 4.69) is 19.9 Å². The number of carbonyl (C=O) groups is 1. The molecule has 0 radical (unpaired) electrons. The van der Waals surface area contributed by atoms with Crippen LogP contribution in [0.5, 0.6) is 0 Å². The molecular formula is C17H20N4O2. The van der Waals surface area contributed by atoms with Crippen LogP contribution in [0.4, 0.5) is 5.69 Å². The number of hydrogen-bond donors (Lipinski definition) is 0. The van der Waals surface area contributed by atoms with E-state index < -0.39 is 5.97 Å². The fourth-order valence-corrected chi connectivity index (χ4v) is 2.80. The van der Waals surface area contributed by atoms with Crippen molar-refractivity contribution in [2.45, 2.75) is 25.7 Å². The first-order valence-electron chi connectivity index (χ1n) is 7.94. The first-order valence-corrected chi connectivity index (χ1v) is 7.94. The molecule has 0 unspecified atom stereocenters. The molecule has 2 aromatic rings. The molecule has 6 nitrogen and oxygen atoms in total. The van der Waals surface area contributed by atoms with E-state index in [0.717, 1.165) is 18.7 Å². The van der Waals surface area contributed by atoms with Crippen molar-refractivity contribution in [3.05, 3.63) is 48.3 Å². The highest BCUT2D eigenvalue weighted by molar-refractivity contribution is 5.88. The lowest BCUT2D eigenvalue weighted by Gasteiger charge is -2.30. The van der Waals surface area contributed by atoms with Crippen molar-refractivity contribution in [2.75, 3.05) is 24.6 Å². The van der Waals surface area contributed by atoms with E-state index in [1.807, 2.05) is 18.5 Å². The van der Waals surface area contributed by atoms with Crippen molar-refractivity contribution >= 4 is 11.7 Å². The molecule has 0 amide bonds. The molecule has 120 valence electrons. The second-order valence-corrected chi connectivity index (χ2v) is 5.57. The topological polar surface area (TPSA) is 68.2 Å². The van der Waals surface area contributed by atoms with Gasteiger partial charge in [0.25, 0.3) is 0 Å². The van der Waals surface area contributed by atoms with Gasteiger partial charge >= 0.3 is 5.97 Å². The number of aromatic nitrogens is 3. The van der Waals surface area contributed by atoms with Gasteiger partial charge in [-0.25, -0.2) is 14.8 Å². The summed E-state index contributed by atoms with van der Waals surface area (Å²) in [5.74, 6) is -0.394. The van der Waals surface area contributed by atoms with Gasteiger partial charge in [0, 0.05) is 50.0 Å². The number of pyridine rings is 1. The standard InChI is InChI=1S/C17H20N4O2/c22-17(15-11-19-13-20-12-15)23-9-5-14-10-18-6-4-16(14)21-7-2-1-3-8-21/h4,6,10-13H,1-3,5,7-9H2. The number of anilines is 1. The van der Waals surface area contributed by atoms with Crippen molar-refractivity contribution in [1.29, 1.82) is 0 Å². The summed E-state index contributed by atoms with van der Waals surface area (Å²) in [6, 6.07) is 2.05. The Morgan fingerprint density at radius 1 is 1.09 bits per heavy atom. The third-order valence-electron chi connectivity index (χ3n) is 3.98. The van der Waals surface area contributed by atoms with E-state index in [0.29, 0.717) is 18.6 Å². The quantitative estimate of drug-likeness (QED) is 0.789. The molecule has 0 spiro atoms. The van der Waals surface area contributed by atoms with E-state index in [-0.39, 0.29) is 0 Å². The molecule has 0 aliphatic carbocycles. The average molecular weight is 312 g/mol. The summed E-state index contributed by atoms with van der Waals surface area (Å²) in [6.07, 6.45) is 12.4. The molecule has 1 fully saturated rings. The zero-order valence-electron chi connectivity index (χ0n) is 13.0. The monoisotopic (exact) mass is 312 g/mol. The van der Waals surface area contributed by atoms with Crippen LogP contribution in [0.2, 0.25) is 0 Å². The fraction of sp³-hybridized carbons (Fsp3) is 0.412. The van der Waals surface area contributed by atoms with Gasteiger partial charge in [-0.2, -0.15) is 0 Å². The second kappa shape index (κ2) is 7.67. The zero-order chi connectivity index (χ0) is 15.9. The molecule has 1 aliphatic heterocycles. The van der Waals surface area contributed by atoms with E-state index in [4.69, 9.17) is 4.74 Å². The summed E-state index contributed by atoms with van der Waals surface area (Å²) in [5.41, 5.74) is 2.69. The number of esters is 1. The van der Waals surface area contributed by atoms with Gasteiger partial charge in [0.15, 0.2) is 0 Å². The van der Waals surface area contributed by atoms with Crippen LogP contribution in [0.1, 0.15) is 35.2 Å². The Bertz CT molecular complexity index is 642. The molecule has 0 N–H and O–H groups in total. The summed E-state index contributed by atoms with van der Waals surface area (Å²) in [4.78, 5) is 26.1. The summed E-state index contributed by atoms with van der Waals surface area (Å²) in [6.45, 7) is 2.48. The molecule has 0 saturated carbocycles. The van der Waals surface area contributed by atoms with Crippen LogP contribution >= 0.6 is 0 Å². The van der Waals surface area contributed by atoms with E-state index >= 15 is 0 Å². The molecule has 2 aromatic heterocycles. The average Bonchev–Trinajstić information content (AvgIpc) is 2.63. The number of ether oxygens (including phenoxy) is 1. The van der Waals surface area contributed by atoms with Gasteiger partial charge in [0.1, 0.15) is 6.33 Å². The van der Waals surface area contributed by atoms with Crippen LogP contribution in [-0.4, -0.2) is 40.6 Å². The lowest BCUT2D eigenvalue weighted by atomic mass is 10.1. The number of carbonyl (C=O) groups excluding carboxylic acids is 1. The minimum Gasteiger partial charge on any atom is -0.462 e. The summed E-state index contributed by atoms with van der Waals surface area (Å²) >= 11 is 0. The molecular weight excluding hydrogens is 292 g/mol. The smallest absolute Gasteiger partial charge is 0.341 e. The van der Waals surface area contributed by atoms with Gasteiger partial charge < -0.3 is 9.64 Å². The third-order valence-corrected chi connectivity index (χ3v) is 3.98. The molecule has 3 rings (SSSR count). The lowest BCUT2D eigenvalue weighted by Crippen LogP contribution is -2.30. The summed E-state index contributed by atoms with van der Waals surface area (Å²) in [5, 5.41) is 0. The molecule has 1 saturated heterocycles. The van der Waals surface area contributed by atoms with Crippen molar-refractivity contribution in [3.8, 4) is 0 Å². The number of piperidine rings is 1. The van der Waals surface area contributed by atoms with Crippen LogP contribution in [0.15, 0.2) is 37.2 Å². The Morgan fingerprint density at radius 2 is 1.87 bits per heavy atom. The highest BCUT2D eigenvalue weighted by Gasteiger charge is 2.15. The van der Waals surface area contributed by atoms with Crippen molar-refractivity contribution in [2.24, 2.45) is 0 Å². The lowest BCUT2D eigenvalue weighted by molar-refractivity contribution is 0.0508. The van der Waals surface area contributed by atoms with Gasteiger partial charge in [-0.1, -0.05) is 0 Å². The maximum Gasteiger partial charge on any atom is 0.341 e. The SMILES string of the molecule is O=C(OCCc1cnccc1N1CCCCC1)c1cncnc1. The molecule has 0 aromatic carbocycles. The van der Waals surface area contributed by atoms with Gasteiger partial charge in [0.2, 0.25) is 0 Å². The Kier molecular flexibility index (Phi) is 5.13. The van der Waals surface area contributed by atoms with Gasteiger partial charge in [-0.3, -0.25) is 4.98 Å². The maximum atomic E-state index is 11.9. The van der Waals surface area contributed by atoms with Crippen molar-refractivity contribution < 1.29 is 9.53 Å². The molecule has 3 heterocycles. The highest BCUT2D eigenvalue weighted by Crippen LogP contribution is 2.23. The second-order valence-electron chi connectivity index (χ2n) is 5.57. The third kappa shape index (κ3) is 4.03.